The lowest BCUT2D eigenvalue weighted by atomic mass is 10.1. The number of alkyl halides is 2. The van der Waals surface area contributed by atoms with Gasteiger partial charge in [0.1, 0.15) is 5.75 Å². The fraction of sp³-hybridized carbons (Fsp3) is 0.278. The molecule has 4 nitrogen and oxygen atoms in total. The van der Waals surface area contributed by atoms with Crippen molar-refractivity contribution in [3.63, 3.8) is 0 Å². The Balaban J connectivity index is 2.15. The number of thiophene rings is 1. The van der Waals surface area contributed by atoms with E-state index in [2.05, 4.69) is 0 Å². The number of aliphatic carboxylic acids is 1. The van der Waals surface area contributed by atoms with Crippen LogP contribution in [0.15, 0.2) is 23.6 Å². The van der Waals surface area contributed by atoms with Crippen molar-refractivity contribution in [2.24, 2.45) is 0 Å². The molecule has 2 aromatic heterocycles. The molecule has 2 heterocycles. The third-order valence-electron chi connectivity index (χ3n) is 4.29. The van der Waals surface area contributed by atoms with Crippen LogP contribution in [0.4, 0.5) is 8.78 Å². The minimum absolute atomic E-state index is 0.0135. The molecule has 0 aliphatic rings. The van der Waals surface area contributed by atoms with Gasteiger partial charge in [-0.15, -0.1) is 11.3 Å². The van der Waals surface area contributed by atoms with E-state index in [0.717, 1.165) is 33.5 Å². The Morgan fingerprint density at radius 3 is 2.69 bits per heavy atom. The van der Waals surface area contributed by atoms with Crippen LogP contribution in [0.2, 0.25) is 5.02 Å². The molecule has 0 unspecified atom stereocenters. The van der Waals surface area contributed by atoms with E-state index in [9.17, 15) is 18.7 Å². The fourth-order valence-corrected chi connectivity index (χ4v) is 4.04. The maximum atomic E-state index is 12.8. The molecule has 0 atom stereocenters. The van der Waals surface area contributed by atoms with Crippen molar-refractivity contribution >= 4 is 39.8 Å². The maximum Gasteiger partial charge on any atom is 0.307 e. The van der Waals surface area contributed by atoms with E-state index < -0.39 is 12.4 Å². The molecule has 0 saturated carbocycles. The summed E-state index contributed by atoms with van der Waals surface area (Å²) in [6.07, 6.45) is -2.65. The zero-order valence-electron chi connectivity index (χ0n) is 14.1. The predicted octanol–water partition coefficient (Wildman–Crippen LogP) is 5.29. The first-order valence-electron chi connectivity index (χ1n) is 7.74. The first-order chi connectivity index (χ1) is 12.3. The van der Waals surface area contributed by atoms with Gasteiger partial charge in [-0.2, -0.15) is 0 Å². The molecular formula is C18H16ClF2NO3S. The summed E-state index contributed by atoms with van der Waals surface area (Å²) in [5.41, 5.74) is 2.90. The Bertz CT molecular complexity index is 981. The summed E-state index contributed by atoms with van der Waals surface area (Å²) in [5, 5.41) is 12.1. The molecule has 3 rings (SSSR count). The highest BCUT2D eigenvalue weighted by molar-refractivity contribution is 7.10. The van der Waals surface area contributed by atoms with Crippen LogP contribution < -0.4 is 4.74 Å². The summed E-state index contributed by atoms with van der Waals surface area (Å²) in [6, 6.07) is 4.91. The molecule has 0 radical (unpaired) electrons. The molecule has 0 spiro atoms. The number of carbonyl (C=O) groups is 1. The third-order valence-corrected chi connectivity index (χ3v) is 5.57. The first-order valence-corrected chi connectivity index (χ1v) is 9.00. The normalized spacial score (nSPS) is 11.5. The minimum atomic E-state index is -2.50. The number of aromatic nitrogens is 1. The lowest BCUT2D eigenvalue weighted by Gasteiger charge is -2.09. The smallest absolute Gasteiger partial charge is 0.307 e. The number of hydrogen-bond acceptors (Lipinski definition) is 3. The number of halogens is 3. The van der Waals surface area contributed by atoms with Gasteiger partial charge in [0.25, 0.3) is 6.43 Å². The SMILES string of the molecule is COc1cc2c(CC(=O)O)c(C)n(Cc3csc(C(F)F)c3)c2cc1Cl. The summed E-state index contributed by atoms with van der Waals surface area (Å²) >= 11 is 7.25. The van der Waals surface area contributed by atoms with E-state index >= 15 is 0 Å². The lowest BCUT2D eigenvalue weighted by Crippen LogP contribution is -2.04. The second-order valence-electron chi connectivity index (χ2n) is 5.88. The molecule has 8 heteroatoms. The summed E-state index contributed by atoms with van der Waals surface area (Å²) < 4.78 is 32.8. The molecule has 3 aromatic rings. The second-order valence-corrected chi connectivity index (χ2v) is 7.23. The van der Waals surface area contributed by atoms with E-state index in [1.807, 2.05) is 11.5 Å². The van der Waals surface area contributed by atoms with E-state index in [4.69, 9.17) is 16.3 Å². The number of carboxylic acids is 1. The summed E-state index contributed by atoms with van der Waals surface area (Å²) in [4.78, 5) is 11.3. The van der Waals surface area contributed by atoms with Crippen molar-refractivity contribution < 1.29 is 23.4 Å². The first kappa shape index (κ1) is 18.7. The van der Waals surface area contributed by atoms with Crippen LogP contribution in [-0.2, 0) is 17.8 Å². The van der Waals surface area contributed by atoms with E-state index in [0.29, 0.717) is 22.9 Å². The topological polar surface area (TPSA) is 51.5 Å². The molecule has 1 aromatic carbocycles. The molecule has 0 aliphatic carbocycles. The van der Waals surface area contributed by atoms with E-state index in [-0.39, 0.29) is 11.3 Å². The van der Waals surface area contributed by atoms with Crippen molar-refractivity contribution in [3.05, 3.63) is 50.3 Å². The summed E-state index contributed by atoms with van der Waals surface area (Å²) in [6.45, 7) is 2.17. The number of methoxy groups -OCH3 is 1. The number of carboxylic acid groups (broad SMARTS) is 1. The number of ether oxygens (including phenoxy) is 1. The van der Waals surface area contributed by atoms with Crippen LogP contribution in [0.3, 0.4) is 0 Å². The fourth-order valence-electron chi connectivity index (χ4n) is 3.06. The summed E-state index contributed by atoms with van der Waals surface area (Å²) in [7, 11) is 1.49. The van der Waals surface area contributed by atoms with Gasteiger partial charge in [0.2, 0.25) is 0 Å². The van der Waals surface area contributed by atoms with Gasteiger partial charge < -0.3 is 14.4 Å². The van der Waals surface area contributed by atoms with Crippen molar-refractivity contribution in [2.45, 2.75) is 26.3 Å². The van der Waals surface area contributed by atoms with Gasteiger partial charge in [-0.1, -0.05) is 11.6 Å². The Hall–Kier alpha value is -2.12. The number of nitrogens with zero attached hydrogens (tertiary/aromatic N) is 1. The molecule has 26 heavy (non-hydrogen) atoms. The molecule has 0 saturated heterocycles. The van der Waals surface area contributed by atoms with Gasteiger partial charge in [0.15, 0.2) is 0 Å². The van der Waals surface area contributed by atoms with E-state index in [1.54, 1.807) is 17.5 Å². The number of rotatable bonds is 6. The van der Waals surface area contributed by atoms with Crippen LogP contribution in [0.25, 0.3) is 10.9 Å². The molecular weight excluding hydrogens is 384 g/mol. The second kappa shape index (κ2) is 7.25. The number of fused-ring (bicyclic) bond motifs is 1. The van der Waals surface area contributed by atoms with Gasteiger partial charge >= 0.3 is 5.97 Å². The van der Waals surface area contributed by atoms with Crippen LogP contribution >= 0.6 is 22.9 Å². The molecule has 1 N–H and O–H groups in total. The molecule has 0 aliphatic heterocycles. The Labute approximate surface area is 157 Å². The molecule has 0 fully saturated rings. The lowest BCUT2D eigenvalue weighted by molar-refractivity contribution is -0.136. The van der Waals surface area contributed by atoms with Gasteiger partial charge in [0, 0.05) is 17.6 Å². The molecule has 0 bridgehead atoms. The Kier molecular flexibility index (Phi) is 5.20. The highest BCUT2D eigenvalue weighted by Crippen LogP contribution is 2.36. The zero-order valence-corrected chi connectivity index (χ0v) is 15.6. The van der Waals surface area contributed by atoms with Crippen molar-refractivity contribution in [1.82, 2.24) is 4.57 Å². The van der Waals surface area contributed by atoms with Gasteiger partial charge in [-0.3, -0.25) is 4.79 Å². The van der Waals surface area contributed by atoms with Crippen molar-refractivity contribution in [1.29, 1.82) is 0 Å². The van der Waals surface area contributed by atoms with Crippen LogP contribution in [-0.4, -0.2) is 22.8 Å². The standard InChI is InChI=1S/C18H16ClF2NO3S/c1-9-11(5-17(23)24)12-4-15(25-2)13(19)6-14(12)22(9)7-10-3-16(18(20)21)26-8-10/h3-4,6,8,18H,5,7H2,1-2H3,(H,23,24). The van der Waals surface area contributed by atoms with E-state index in [1.165, 1.54) is 13.2 Å². The minimum Gasteiger partial charge on any atom is -0.495 e. The van der Waals surface area contributed by atoms with Gasteiger partial charge in [-0.25, -0.2) is 8.78 Å². The zero-order chi connectivity index (χ0) is 19.0. The van der Waals surface area contributed by atoms with Crippen LogP contribution in [0, 0.1) is 6.92 Å². The summed E-state index contributed by atoms with van der Waals surface area (Å²) in [5.74, 6) is -0.491. The van der Waals surface area contributed by atoms with Crippen LogP contribution in [0.5, 0.6) is 5.75 Å². The Morgan fingerprint density at radius 1 is 1.38 bits per heavy atom. The van der Waals surface area contributed by atoms with Gasteiger partial charge in [-0.05, 0) is 41.6 Å². The number of hydrogen-bond donors (Lipinski definition) is 1. The van der Waals surface area contributed by atoms with Crippen LogP contribution in [0.1, 0.15) is 28.1 Å². The third kappa shape index (κ3) is 3.41. The Morgan fingerprint density at radius 2 is 2.12 bits per heavy atom. The average molecular weight is 400 g/mol. The molecule has 138 valence electrons. The van der Waals surface area contributed by atoms with Crippen molar-refractivity contribution in [2.75, 3.05) is 7.11 Å². The monoisotopic (exact) mass is 399 g/mol. The largest absolute Gasteiger partial charge is 0.495 e. The predicted molar refractivity (Wildman–Crippen MR) is 98.0 cm³/mol. The van der Waals surface area contributed by atoms with Gasteiger partial charge in [0.05, 0.1) is 28.9 Å². The van der Waals surface area contributed by atoms with Crippen molar-refractivity contribution in [3.8, 4) is 5.75 Å². The highest BCUT2D eigenvalue weighted by Gasteiger charge is 2.20. The maximum absolute atomic E-state index is 12.8. The highest BCUT2D eigenvalue weighted by atomic mass is 35.5. The quantitative estimate of drug-likeness (QED) is 0.613. The molecule has 0 amide bonds. The average Bonchev–Trinajstić information content (AvgIpc) is 3.13. The number of benzene rings is 1.